The van der Waals surface area contributed by atoms with E-state index < -0.39 is 15.9 Å². The lowest BCUT2D eigenvalue weighted by molar-refractivity contribution is 0.0941. The minimum Gasteiger partial charge on any atom is -0.348 e. The molecular weight excluding hydrogens is 480 g/mol. The van der Waals surface area contributed by atoms with Gasteiger partial charge in [0.1, 0.15) is 5.00 Å². The Balaban J connectivity index is 1.66. The molecule has 2 heterocycles. The Morgan fingerprint density at radius 1 is 1.12 bits per heavy atom. The Bertz CT molecular complexity index is 1200. The number of nitrogens with one attached hydrogen (secondary N) is 2. The summed E-state index contributed by atoms with van der Waals surface area (Å²) in [5, 5.41) is 6.66. The second-order valence-electron chi connectivity index (χ2n) is 10.0. The van der Waals surface area contributed by atoms with Crippen molar-refractivity contribution in [2.45, 2.75) is 52.5 Å². The van der Waals surface area contributed by atoms with Crippen molar-refractivity contribution in [1.29, 1.82) is 0 Å². The summed E-state index contributed by atoms with van der Waals surface area (Å²) in [5.41, 5.74) is 1.91. The summed E-state index contributed by atoms with van der Waals surface area (Å²) in [4.78, 5) is 27.4. The average Bonchev–Trinajstić information content (AvgIpc) is 3.25. The molecule has 6 nitrogen and oxygen atoms in total. The van der Waals surface area contributed by atoms with Crippen LogP contribution in [0.4, 0.5) is 5.00 Å². The fourth-order valence-corrected chi connectivity index (χ4v) is 7.85. The van der Waals surface area contributed by atoms with Crippen LogP contribution in [0.3, 0.4) is 0 Å². The van der Waals surface area contributed by atoms with E-state index >= 15 is 0 Å². The topological polar surface area (TPSA) is 92.3 Å². The molecule has 1 aliphatic heterocycles. The molecule has 2 amide bonds. The number of thiophene rings is 1. The Labute approximate surface area is 204 Å². The molecule has 0 radical (unpaired) electrons. The number of fused-ring (bicyclic) bond motifs is 1. The highest BCUT2D eigenvalue weighted by atomic mass is 35.5. The first-order chi connectivity index (χ1) is 15.4. The summed E-state index contributed by atoms with van der Waals surface area (Å²) >= 11 is 7.65. The first kappa shape index (κ1) is 24.2. The summed E-state index contributed by atoms with van der Waals surface area (Å²) in [5.74, 6) is -0.171. The van der Waals surface area contributed by atoms with Gasteiger partial charge in [0, 0.05) is 10.9 Å². The third-order valence-corrected chi connectivity index (χ3v) is 9.90. The van der Waals surface area contributed by atoms with Gasteiger partial charge in [0.05, 0.1) is 27.7 Å². The highest BCUT2D eigenvalue weighted by Gasteiger charge is 2.36. The molecule has 2 unspecified atom stereocenters. The number of benzene rings is 1. The molecule has 178 valence electrons. The van der Waals surface area contributed by atoms with E-state index in [4.69, 9.17) is 11.6 Å². The van der Waals surface area contributed by atoms with Crippen LogP contribution in [0.1, 0.15) is 64.8 Å². The van der Waals surface area contributed by atoms with Crippen molar-refractivity contribution in [3.63, 3.8) is 0 Å². The Morgan fingerprint density at radius 3 is 2.48 bits per heavy atom. The van der Waals surface area contributed by atoms with E-state index in [0.29, 0.717) is 33.5 Å². The highest BCUT2D eigenvalue weighted by Crippen LogP contribution is 2.44. The molecule has 4 rings (SSSR count). The van der Waals surface area contributed by atoms with Crippen molar-refractivity contribution >= 4 is 49.6 Å². The van der Waals surface area contributed by atoms with Gasteiger partial charge in [-0.3, -0.25) is 9.59 Å². The number of anilines is 1. The van der Waals surface area contributed by atoms with Gasteiger partial charge in [-0.1, -0.05) is 44.5 Å². The molecule has 1 fully saturated rings. The maximum Gasteiger partial charge on any atom is 0.257 e. The van der Waals surface area contributed by atoms with Crippen LogP contribution in [0.15, 0.2) is 24.3 Å². The molecule has 1 aromatic heterocycles. The first-order valence-electron chi connectivity index (χ1n) is 11.2. The van der Waals surface area contributed by atoms with Crippen LogP contribution in [0, 0.1) is 11.3 Å². The zero-order chi connectivity index (χ0) is 24.0. The minimum absolute atomic E-state index is 0.0432. The number of hydrogen-bond acceptors (Lipinski definition) is 5. The molecule has 1 aromatic carbocycles. The number of sulfone groups is 1. The molecule has 9 heteroatoms. The Kier molecular flexibility index (Phi) is 6.64. The van der Waals surface area contributed by atoms with Crippen molar-refractivity contribution in [2.24, 2.45) is 11.3 Å². The van der Waals surface area contributed by atoms with E-state index in [1.165, 1.54) is 11.3 Å². The predicted molar refractivity (Wildman–Crippen MR) is 133 cm³/mol. The largest absolute Gasteiger partial charge is 0.348 e. The summed E-state index contributed by atoms with van der Waals surface area (Å²) in [6, 6.07) is 6.38. The number of hydrogen-bond donors (Lipinski definition) is 2. The van der Waals surface area contributed by atoms with E-state index in [1.807, 2.05) is 0 Å². The molecule has 0 spiro atoms. The van der Waals surface area contributed by atoms with E-state index in [9.17, 15) is 18.0 Å². The molecule has 0 bridgehead atoms. The lowest BCUT2D eigenvalue weighted by Crippen LogP contribution is -2.36. The third-order valence-electron chi connectivity index (χ3n) is 6.63. The van der Waals surface area contributed by atoms with Crippen molar-refractivity contribution in [1.82, 2.24) is 5.32 Å². The molecule has 2 aliphatic rings. The summed E-state index contributed by atoms with van der Waals surface area (Å²) < 4.78 is 23.7. The monoisotopic (exact) mass is 508 g/mol. The van der Waals surface area contributed by atoms with Crippen LogP contribution in [-0.2, 0) is 22.7 Å². The zero-order valence-corrected chi connectivity index (χ0v) is 21.4. The first-order valence-corrected chi connectivity index (χ1v) is 14.2. The van der Waals surface area contributed by atoms with Gasteiger partial charge in [-0.05, 0) is 54.7 Å². The van der Waals surface area contributed by atoms with Crippen LogP contribution in [-0.4, -0.2) is 37.8 Å². The second-order valence-corrected chi connectivity index (χ2v) is 13.8. The number of carbonyl (C=O) groups is 2. The van der Waals surface area contributed by atoms with Crippen LogP contribution in [0.5, 0.6) is 0 Å². The fraction of sp³-hybridized carbons (Fsp3) is 0.500. The second kappa shape index (κ2) is 9.04. The smallest absolute Gasteiger partial charge is 0.257 e. The van der Waals surface area contributed by atoms with Gasteiger partial charge in [0.15, 0.2) is 9.84 Å². The third kappa shape index (κ3) is 5.28. The predicted octanol–water partition coefficient (Wildman–Crippen LogP) is 4.72. The molecule has 2 N–H and O–H groups in total. The summed E-state index contributed by atoms with van der Waals surface area (Å²) in [6.45, 7) is 6.68. The standard InChI is InChI=1S/C24H29ClN2O4S2/c1-24(2,3)14-8-9-17-19(12-14)32-23(27-21(28)16-6-4-5-7-18(16)25)20(17)22(29)26-15-10-11-33(30,31)13-15/h4-7,14-15H,8-13H2,1-3H3,(H,26,29)(H,27,28). The number of halogens is 1. The summed E-state index contributed by atoms with van der Waals surface area (Å²) in [6.07, 6.45) is 2.97. The Morgan fingerprint density at radius 2 is 1.85 bits per heavy atom. The van der Waals surface area contributed by atoms with Gasteiger partial charge < -0.3 is 10.6 Å². The van der Waals surface area contributed by atoms with E-state index in [0.717, 1.165) is 29.7 Å². The van der Waals surface area contributed by atoms with Gasteiger partial charge in [0.25, 0.3) is 11.8 Å². The van der Waals surface area contributed by atoms with Gasteiger partial charge in [-0.2, -0.15) is 0 Å². The molecule has 2 aromatic rings. The number of amides is 2. The zero-order valence-electron chi connectivity index (χ0n) is 19.0. The van der Waals surface area contributed by atoms with Crippen molar-refractivity contribution in [3.8, 4) is 0 Å². The van der Waals surface area contributed by atoms with Crippen molar-refractivity contribution < 1.29 is 18.0 Å². The number of carbonyl (C=O) groups excluding carboxylic acids is 2. The van der Waals surface area contributed by atoms with Crippen LogP contribution in [0.2, 0.25) is 5.02 Å². The molecule has 0 saturated carbocycles. The SMILES string of the molecule is CC(C)(C)C1CCc2c(sc(NC(=O)c3ccccc3Cl)c2C(=O)NC2CCS(=O)(=O)C2)C1. The Hall–Kier alpha value is -1.90. The van der Waals surface area contributed by atoms with Crippen LogP contribution < -0.4 is 10.6 Å². The molecule has 33 heavy (non-hydrogen) atoms. The number of rotatable bonds is 4. The highest BCUT2D eigenvalue weighted by molar-refractivity contribution is 7.91. The molecule has 1 saturated heterocycles. The average molecular weight is 509 g/mol. The van der Waals surface area contributed by atoms with Gasteiger partial charge in [0.2, 0.25) is 0 Å². The maximum atomic E-state index is 13.4. The molecule has 1 aliphatic carbocycles. The minimum atomic E-state index is -3.12. The van der Waals surface area contributed by atoms with Crippen molar-refractivity contribution in [3.05, 3.63) is 50.9 Å². The molecule has 2 atom stereocenters. The van der Waals surface area contributed by atoms with Gasteiger partial charge >= 0.3 is 0 Å². The normalized spacial score (nSPS) is 21.9. The lowest BCUT2D eigenvalue weighted by atomic mass is 9.72. The van der Waals surface area contributed by atoms with E-state index in [2.05, 4.69) is 31.4 Å². The van der Waals surface area contributed by atoms with Crippen LogP contribution >= 0.6 is 22.9 Å². The van der Waals surface area contributed by atoms with Gasteiger partial charge in [-0.25, -0.2) is 8.42 Å². The maximum absolute atomic E-state index is 13.4. The van der Waals surface area contributed by atoms with Crippen molar-refractivity contribution in [2.75, 3.05) is 16.8 Å². The van der Waals surface area contributed by atoms with Crippen LogP contribution in [0.25, 0.3) is 0 Å². The molecular formula is C24H29ClN2O4S2. The van der Waals surface area contributed by atoms with E-state index in [-0.39, 0.29) is 28.7 Å². The fourth-order valence-electron chi connectivity index (χ4n) is 4.64. The lowest BCUT2D eigenvalue weighted by Gasteiger charge is -2.33. The summed E-state index contributed by atoms with van der Waals surface area (Å²) in [7, 11) is -3.12. The van der Waals surface area contributed by atoms with E-state index in [1.54, 1.807) is 24.3 Å². The van der Waals surface area contributed by atoms with Gasteiger partial charge in [-0.15, -0.1) is 11.3 Å². The quantitative estimate of drug-likeness (QED) is 0.625.